The van der Waals surface area contributed by atoms with Gasteiger partial charge in [0.2, 0.25) is 0 Å². The van der Waals surface area contributed by atoms with E-state index in [0.717, 1.165) is 0 Å². The maximum Gasteiger partial charge on any atom is 0.279 e. The Labute approximate surface area is 74.7 Å². The Hall–Kier alpha value is -1.63. The zero-order valence-corrected chi connectivity index (χ0v) is 7.28. The molecule has 0 atom stereocenters. The van der Waals surface area contributed by atoms with Gasteiger partial charge in [0.1, 0.15) is 0 Å². The summed E-state index contributed by atoms with van der Waals surface area (Å²) in [4.78, 5) is 11.1. The summed E-state index contributed by atoms with van der Waals surface area (Å²) in [6.45, 7) is 0. The zero-order chi connectivity index (χ0) is 9.90. The summed E-state index contributed by atoms with van der Waals surface area (Å²) in [6, 6.07) is 5.39. The average molecular weight is 201 g/mol. The fourth-order valence-corrected chi connectivity index (χ4v) is 1.45. The summed E-state index contributed by atoms with van der Waals surface area (Å²) < 4.78 is 22.2. The number of nitrogens with one attached hydrogen (secondary N) is 1. The first-order valence-electron chi connectivity index (χ1n) is 3.26. The van der Waals surface area contributed by atoms with Crippen LogP contribution in [0, 0.1) is 4.91 Å². The SMILES string of the molecule is Nc1ccc(S(=O)(=O)NN=O)cc1. The van der Waals surface area contributed by atoms with Gasteiger partial charge in [0.05, 0.1) is 10.2 Å². The van der Waals surface area contributed by atoms with Gasteiger partial charge < -0.3 is 5.73 Å². The van der Waals surface area contributed by atoms with E-state index in [9.17, 15) is 13.3 Å². The summed E-state index contributed by atoms with van der Waals surface area (Å²) in [5.74, 6) is 0. The average Bonchev–Trinajstić information content (AvgIpc) is 2.05. The molecule has 0 amide bonds. The maximum atomic E-state index is 11.1. The molecule has 0 aliphatic carbocycles. The molecule has 7 heteroatoms. The van der Waals surface area contributed by atoms with Crippen molar-refractivity contribution in [2.24, 2.45) is 5.29 Å². The minimum absolute atomic E-state index is 0.0544. The lowest BCUT2D eigenvalue weighted by Gasteiger charge is -2.00. The van der Waals surface area contributed by atoms with Crippen molar-refractivity contribution in [2.75, 3.05) is 5.73 Å². The van der Waals surface area contributed by atoms with E-state index in [1.165, 1.54) is 29.1 Å². The molecule has 0 radical (unpaired) electrons. The summed E-state index contributed by atoms with van der Waals surface area (Å²) in [5, 5.41) is 2.09. The first kappa shape index (κ1) is 9.46. The molecule has 0 aromatic heterocycles. The van der Waals surface area contributed by atoms with Gasteiger partial charge in [-0.25, -0.2) is 0 Å². The minimum atomic E-state index is -3.81. The predicted molar refractivity (Wildman–Crippen MR) is 47.0 cm³/mol. The second kappa shape index (κ2) is 3.40. The van der Waals surface area contributed by atoms with Crippen molar-refractivity contribution in [2.45, 2.75) is 4.90 Å². The van der Waals surface area contributed by atoms with Gasteiger partial charge in [-0.3, -0.25) is 0 Å². The van der Waals surface area contributed by atoms with Crippen molar-refractivity contribution in [3.8, 4) is 0 Å². The van der Waals surface area contributed by atoms with Gasteiger partial charge in [-0.05, 0) is 24.3 Å². The van der Waals surface area contributed by atoms with Gasteiger partial charge in [-0.2, -0.15) is 13.2 Å². The van der Waals surface area contributed by atoms with Crippen LogP contribution in [0.15, 0.2) is 34.4 Å². The Kier molecular flexibility index (Phi) is 2.47. The van der Waals surface area contributed by atoms with Gasteiger partial charge in [0.25, 0.3) is 10.0 Å². The van der Waals surface area contributed by atoms with E-state index in [0.29, 0.717) is 5.69 Å². The minimum Gasteiger partial charge on any atom is -0.399 e. The van der Waals surface area contributed by atoms with Crippen molar-refractivity contribution < 1.29 is 8.42 Å². The van der Waals surface area contributed by atoms with Gasteiger partial charge in [-0.15, -0.1) is 4.91 Å². The first-order chi connectivity index (χ1) is 6.06. The van der Waals surface area contributed by atoms with E-state index >= 15 is 0 Å². The van der Waals surface area contributed by atoms with E-state index in [-0.39, 0.29) is 4.90 Å². The second-order valence-corrected chi connectivity index (χ2v) is 3.92. The summed E-state index contributed by atoms with van der Waals surface area (Å²) >= 11 is 0. The molecule has 1 rings (SSSR count). The van der Waals surface area contributed by atoms with E-state index in [1.54, 1.807) is 0 Å². The van der Waals surface area contributed by atoms with Crippen molar-refractivity contribution in [3.05, 3.63) is 29.2 Å². The van der Waals surface area contributed by atoms with Crippen LogP contribution in [0.1, 0.15) is 0 Å². The van der Waals surface area contributed by atoms with Crippen LogP contribution < -0.4 is 10.6 Å². The van der Waals surface area contributed by atoms with Crippen LogP contribution in [0.4, 0.5) is 5.69 Å². The van der Waals surface area contributed by atoms with Crippen LogP contribution in [-0.4, -0.2) is 8.42 Å². The highest BCUT2D eigenvalue weighted by Crippen LogP contribution is 2.10. The molecule has 0 spiro atoms. The number of nitrogen functional groups attached to an aromatic ring is 1. The lowest BCUT2D eigenvalue weighted by Crippen LogP contribution is -2.17. The second-order valence-electron chi connectivity index (χ2n) is 2.26. The Morgan fingerprint density at radius 1 is 1.23 bits per heavy atom. The molecule has 0 saturated heterocycles. The highest BCUT2D eigenvalue weighted by atomic mass is 32.2. The number of rotatable bonds is 3. The molecule has 3 N–H and O–H groups in total. The molecule has 0 fully saturated rings. The topological polar surface area (TPSA) is 102 Å². The summed E-state index contributed by atoms with van der Waals surface area (Å²) in [7, 11) is -3.81. The molecule has 0 aliphatic rings. The van der Waals surface area contributed by atoms with Crippen LogP contribution in [0.5, 0.6) is 0 Å². The van der Waals surface area contributed by atoms with Crippen LogP contribution in [0.2, 0.25) is 0 Å². The summed E-state index contributed by atoms with van der Waals surface area (Å²) in [5.41, 5.74) is 5.79. The van der Waals surface area contributed by atoms with Crippen LogP contribution in [0.3, 0.4) is 0 Å². The fraction of sp³-hybridized carbons (Fsp3) is 0. The fourth-order valence-electron chi connectivity index (χ4n) is 0.749. The van der Waals surface area contributed by atoms with Gasteiger partial charge in [-0.1, -0.05) is 0 Å². The lowest BCUT2D eigenvalue weighted by atomic mass is 10.3. The molecule has 0 saturated carbocycles. The normalized spacial score (nSPS) is 10.8. The van der Waals surface area contributed by atoms with E-state index in [1.807, 2.05) is 0 Å². The molecule has 13 heavy (non-hydrogen) atoms. The zero-order valence-electron chi connectivity index (χ0n) is 6.47. The Morgan fingerprint density at radius 3 is 2.23 bits per heavy atom. The number of anilines is 1. The van der Waals surface area contributed by atoms with Crippen LogP contribution >= 0.6 is 0 Å². The van der Waals surface area contributed by atoms with Gasteiger partial charge in [0.15, 0.2) is 0 Å². The first-order valence-corrected chi connectivity index (χ1v) is 4.74. The molecule has 1 aromatic carbocycles. The smallest absolute Gasteiger partial charge is 0.279 e. The van der Waals surface area contributed by atoms with Crippen molar-refractivity contribution in [3.63, 3.8) is 0 Å². The van der Waals surface area contributed by atoms with Crippen molar-refractivity contribution in [1.29, 1.82) is 0 Å². The van der Waals surface area contributed by atoms with E-state index in [4.69, 9.17) is 5.73 Å². The van der Waals surface area contributed by atoms with Gasteiger partial charge >= 0.3 is 0 Å². The van der Waals surface area contributed by atoms with Crippen molar-refractivity contribution >= 4 is 15.7 Å². The number of nitroso groups, excluding NO2 is 1. The molecule has 0 unspecified atom stereocenters. The van der Waals surface area contributed by atoms with Gasteiger partial charge in [0, 0.05) is 5.69 Å². The highest BCUT2D eigenvalue weighted by molar-refractivity contribution is 7.89. The number of hydrogen-bond donors (Lipinski definition) is 2. The number of nitrogens with zero attached hydrogens (tertiary/aromatic N) is 1. The highest BCUT2D eigenvalue weighted by Gasteiger charge is 2.12. The third kappa shape index (κ3) is 2.15. The Bertz CT molecular complexity index is 398. The third-order valence-corrected chi connectivity index (χ3v) is 2.56. The Morgan fingerprint density at radius 2 is 1.77 bits per heavy atom. The Balaban J connectivity index is 3.08. The number of benzene rings is 1. The van der Waals surface area contributed by atoms with Crippen molar-refractivity contribution in [1.82, 2.24) is 4.83 Å². The number of sulfonamides is 1. The summed E-state index contributed by atoms with van der Waals surface area (Å²) in [6.07, 6.45) is 0. The standard InChI is InChI=1S/C6H7N3O3S/c7-5-1-3-6(4-2-5)13(11,12)9-8-10/h1-4H,7H2,(H,9,10). The maximum absolute atomic E-state index is 11.1. The predicted octanol–water partition coefficient (Wildman–Crippen LogP) is 0.229. The molecule has 0 bridgehead atoms. The molecule has 0 heterocycles. The lowest BCUT2D eigenvalue weighted by molar-refractivity contribution is 0.584. The van der Waals surface area contributed by atoms with E-state index in [2.05, 4.69) is 5.29 Å². The molecular weight excluding hydrogens is 194 g/mol. The molecule has 0 aliphatic heterocycles. The van der Waals surface area contributed by atoms with E-state index < -0.39 is 10.0 Å². The third-order valence-electron chi connectivity index (χ3n) is 1.35. The number of nitrogens with two attached hydrogens (primary N) is 1. The van der Waals surface area contributed by atoms with Crippen LogP contribution in [0.25, 0.3) is 0 Å². The molecular formula is C6H7N3O3S. The number of hydrogen-bond acceptors (Lipinski definition) is 5. The van der Waals surface area contributed by atoms with Crippen LogP contribution in [-0.2, 0) is 10.0 Å². The largest absolute Gasteiger partial charge is 0.399 e. The molecule has 70 valence electrons. The molecule has 1 aromatic rings. The molecule has 6 nitrogen and oxygen atoms in total. The quantitative estimate of drug-likeness (QED) is 0.415. The monoisotopic (exact) mass is 201 g/mol.